The highest BCUT2D eigenvalue weighted by Crippen LogP contribution is 2.38. The molecule has 170 valence electrons. The molecule has 6 heteroatoms. The highest BCUT2D eigenvalue weighted by atomic mass is 32.2. The first-order valence-corrected chi connectivity index (χ1v) is 12.9. The number of pyridine rings is 1. The fraction of sp³-hybridized carbons (Fsp3) is 0.520. The molecule has 0 aliphatic carbocycles. The van der Waals surface area contributed by atoms with Gasteiger partial charge in [0.2, 0.25) is 0 Å². The van der Waals surface area contributed by atoms with E-state index in [0.29, 0.717) is 17.0 Å². The summed E-state index contributed by atoms with van der Waals surface area (Å²) in [6.07, 6.45) is 1.92. The van der Waals surface area contributed by atoms with Gasteiger partial charge in [0.25, 0.3) is 0 Å². The van der Waals surface area contributed by atoms with Crippen LogP contribution >= 0.6 is 23.5 Å². The van der Waals surface area contributed by atoms with Crippen LogP contribution in [0.1, 0.15) is 65.6 Å². The number of aromatic nitrogens is 1. The van der Waals surface area contributed by atoms with Crippen molar-refractivity contribution in [2.24, 2.45) is 0 Å². The first-order valence-electron chi connectivity index (χ1n) is 11.2. The maximum Gasteiger partial charge on any atom is 0.319 e. The Hall–Kier alpha value is -1.66. The minimum Gasteiger partial charge on any atom is -0.337 e. The Labute approximate surface area is 196 Å². The van der Waals surface area contributed by atoms with E-state index in [4.69, 9.17) is 4.98 Å². The van der Waals surface area contributed by atoms with Crippen LogP contribution < -0.4 is 10.6 Å². The van der Waals surface area contributed by atoms with Gasteiger partial charge in [-0.05, 0) is 31.4 Å². The predicted octanol–water partition coefficient (Wildman–Crippen LogP) is 7.27. The molecule has 0 unspecified atom stereocenters. The number of hydrogen-bond acceptors (Lipinski definition) is 4. The second kappa shape index (κ2) is 11.8. The summed E-state index contributed by atoms with van der Waals surface area (Å²) in [7, 11) is 0. The minimum atomic E-state index is -0.177. The van der Waals surface area contributed by atoms with E-state index in [9.17, 15) is 4.79 Å². The third kappa shape index (κ3) is 7.18. The molecule has 0 aliphatic heterocycles. The van der Waals surface area contributed by atoms with E-state index < -0.39 is 0 Å². The number of aryl methyl sites for hydroxylation is 1. The topological polar surface area (TPSA) is 54.0 Å². The Bertz CT molecular complexity index is 818. The number of amides is 2. The summed E-state index contributed by atoms with van der Waals surface area (Å²) < 4.78 is 0. The van der Waals surface area contributed by atoms with Crippen molar-refractivity contribution in [1.82, 2.24) is 10.3 Å². The van der Waals surface area contributed by atoms with Gasteiger partial charge in [-0.25, -0.2) is 9.78 Å². The van der Waals surface area contributed by atoms with Gasteiger partial charge in [0.1, 0.15) is 5.03 Å². The maximum atomic E-state index is 13.0. The third-order valence-electron chi connectivity index (χ3n) is 5.35. The largest absolute Gasteiger partial charge is 0.337 e. The first kappa shape index (κ1) is 25.6. The molecule has 31 heavy (non-hydrogen) atoms. The molecule has 4 nitrogen and oxygen atoms in total. The Morgan fingerprint density at radius 3 is 2.19 bits per heavy atom. The van der Waals surface area contributed by atoms with Crippen LogP contribution in [0.25, 0.3) is 0 Å². The Balaban J connectivity index is 2.25. The summed E-state index contributed by atoms with van der Waals surface area (Å²) in [6.45, 7) is 15.6. The lowest BCUT2D eigenvalue weighted by Crippen LogP contribution is -2.42. The second-order valence-electron chi connectivity index (χ2n) is 8.44. The molecule has 0 spiro atoms. The molecule has 0 saturated carbocycles. The van der Waals surface area contributed by atoms with Crippen LogP contribution in [-0.4, -0.2) is 28.1 Å². The summed E-state index contributed by atoms with van der Waals surface area (Å²) in [5, 5.41) is 7.96. The summed E-state index contributed by atoms with van der Waals surface area (Å²) in [4.78, 5) is 18.8. The van der Waals surface area contributed by atoms with Gasteiger partial charge in [-0.15, -0.1) is 23.5 Å². The van der Waals surface area contributed by atoms with E-state index in [1.165, 1.54) is 5.56 Å². The number of nitrogens with zero attached hydrogens (tertiary/aromatic N) is 1. The average Bonchev–Trinajstić information content (AvgIpc) is 2.71. The van der Waals surface area contributed by atoms with Crippen LogP contribution in [0, 0.1) is 6.92 Å². The number of carbonyl (C=O) groups is 1. The molecule has 2 aromatic rings. The number of rotatable bonds is 10. The van der Waals surface area contributed by atoms with Gasteiger partial charge in [-0.3, -0.25) is 0 Å². The molecular weight excluding hydrogens is 422 g/mol. The van der Waals surface area contributed by atoms with Crippen molar-refractivity contribution in [2.45, 2.75) is 87.1 Å². The Kier molecular flexibility index (Phi) is 9.76. The lowest BCUT2D eigenvalue weighted by molar-refractivity contribution is 0.247. The van der Waals surface area contributed by atoms with E-state index in [0.717, 1.165) is 34.1 Å². The monoisotopic (exact) mass is 459 g/mol. The number of hydrogen-bond donors (Lipinski definition) is 2. The molecular formula is C25H37N3OS2. The number of urea groups is 1. The minimum absolute atomic E-state index is 0.0743. The number of anilines is 1. The van der Waals surface area contributed by atoms with E-state index in [2.05, 4.69) is 82.5 Å². The van der Waals surface area contributed by atoms with E-state index in [1.54, 1.807) is 23.5 Å². The van der Waals surface area contributed by atoms with Gasteiger partial charge in [0, 0.05) is 33.0 Å². The predicted molar refractivity (Wildman–Crippen MR) is 137 cm³/mol. The SMILES string of the molecule is CCC(CC)(CNC(=O)Nc1c(SC(C)C)cc(C)nc1SC(C)C)c1ccccc1. The van der Waals surface area contributed by atoms with Crippen molar-refractivity contribution >= 4 is 35.2 Å². The molecule has 0 aliphatic rings. The van der Waals surface area contributed by atoms with Crippen molar-refractivity contribution in [3.8, 4) is 0 Å². The van der Waals surface area contributed by atoms with Crippen molar-refractivity contribution in [1.29, 1.82) is 0 Å². The van der Waals surface area contributed by atoms with Crippen LogP contribution in [0.4, 0.5) is 10.5 Å². The van der Waals surface area contributed by atoms with E-state index in [-0.39, 0.29) is 11.4 Å². The second-order valence-corrected chi connectivity index (χ2v) is 11.6. The lowest BCUT2D eigenvalue weighted by Gasteiger charge is -2.32. The zero-order chi connectivity index (χ0) is 23.0. The summed E-state index contributed by atoms with van der Waals surface area (Å²) in [5.74, 6) is 0. The van der Waals surface area contributed by atoms with Crippen LogP contribution in [0.15, 0.2) is 46.3 Å². The van der Waals surface area contributed by atoms with Gasteiger partial charge in [-0.2, -0.15) is 0 Å². The highest BCUT2D eigenvalue weighted by molar-refractivity contribution is 8.00. The fourth-order valence-electron chi connectivity index (χ4n) is 3.60. The molecule has 1 aromatic carbocycles. The lowest BCUT2D eigenvalue weighted by atomic mass is 9.76. The molecule has 0 radical (unpaired) electrons. The van der Waals surface area contributed by atoms with Gasteiger partial charge < -0.3 is 10.6 Å². The molecule has 0 bridgehead atoms. The third-order valence-corrected chi connectivity index (χ3v) is 7.39. The van der Waals surface area contributed by atoms with Crippen molar-refractivity contribution in [3.05, 3.63) is 47.7 Å². The zero-order valence-corrected chi connectivity index (χ0v) is 21.5. The molecule has 0 saturated heterocycles. The molecule has 2 N–H and O–H groups in total. The van der Waals surface area contributed by atoms with E-state index >= 15 is 0 Å². The van der Waals surface area contributed by atoms with Gasteiger partial charge in [0.05, 0.1) is 5.69 Å². The number of thioether (sulfide) groups is 2. The summed E-state index contributed by atoms with van der Waals surface area (Å²) in [5.41, 5.74) is 2.98. The number of benzene rings is 1. The Morgan fingerprint density at radius 1 is 1.03 bits per heavy atom. The molecule has 2 rings (SSSR count). The molecule has 0 fully saturated rings. The van der Waals surface area contributed by atoms with Crippen molar-refractivity contribution < 1.29 is 4.79 Å². The van der Waals surface area contributed by atoms with Crippen LogP contribution in [0.3, 0.4) is 0 Å². The normalized spacial score (nSPS) is 11.8. The maximum absolute atomic E-state index is 13.0. The van der Waals surface area contributed by atoms with Crippen LogP contribution in [-0.2, 0) is 5.41 Å². The molecule has 1 aromatic heterocycles. The Morgan fingerprint density at radius 2 is 1.65 bits per heavy atom. The standard InChI is InChI=1S/C25H37N3OS2/c1-8-25(9-2,20-13-11-10-12-14-20)16-26-24(29)28-22-21(30-17(3)4)15-19(7)27-23(22)31-18(5)6/h10-15,17-18H,8-9,16H2,1-7H3,(H2,26,28,29). The summed E-state index contributed by atoms with van der Waals surface area (Å²) >= 11 is 3.44. The molecule has 1 heterocycles. The smallest absolute Gasteiger partial charge is 0.319 e. The molecule has 2 amide bonds. The first-order chi connectivity index (χ1) is 14.7. The van der Waals surface area contributed by atoms with E-state index in [1.807, 2.05) is 13.0 Å². The van der Waals surface area contributed by atoms with Gasteiger partial charge >= 0.3 is 6.03 Å². The molecule has 0 atom stereocenters. The zero-order valence-electron chi connectivity index (χ0n) is 19.9. The van der Waals surface area contributed by atoms with Crippen LogP contribution in [0.2, 0.25) is 0 Å². The number of carbonyl (C=O) groups excluding carboxylic acids is 1. The van der Waals surface area contributed by atoms with Gasteiger partial charge in [0.15, 0.2) is 0 Å². The average molecular weight is 460 g/mol. The summed E-state index contributed by atoms with van der Waals surface area (Å²) in [6, 6.07) is 12.4. The highest BCUT2D eigenvalue weighted by Gasteiger charge is 2.29. The quantitative estimate of drug-likeness (QED) is 0.367. The number of nitrogens with one attached hydrogen (secondary N) is 2. The van der Waals surface area contributed by atoms with Gasteiger partial charge in [-0.1, -0.05) is 71.9 Å². The van der Waals surface area contributed by atoms with Crippen molar-refractivity contribution in [3.63, 3.8) is 0 Å². The van der Waals surface area contributed by atoms with Crippen LogP contribution in [0.5, 0.6) is 0 Å². The van der Waals surface area contributed by atoms with Crippen molar-refractivity contribution in [2.75, 3.05) is 11.9 Å². The fourth-order valence-corrected chi connectivity index (χ4v) is 5.59.